The molecule has 8 heteroatoms. The van der Waals surface area contributed by atoms with Crippen LogP contribution in [0.25, 0.3) is 0 Å². The number of hydrogen-bond donors (Lipinski definition) is 0. The molecule has 0 aromatic heterocycles. The third-order valence-corrected chi connectivity index (χ3v) is 8.59. The molecule has 0 N–H and O–H groups in total. The number of piperidine rings is 1. The van der Waals surface area contributed by atoms with E-state index in [-0.39, 0.29) is 29.3 Å². The van der Waals surface area contributed by atoms with Crippen molar-refractivity contribution >= 4 is 37.5 Å². The highest BCUT2D eigenvalue weighted by atomic mass is 79.9. The van der Waals surface area contributed by atoms with Crippen molar-refractivity contribution in [3.05, 3.63) is 52.0 Å². The van der Waals surface area contributed by atoms with Crippen LogP contribution in [0.15, 0.2) is 45.8 Å². The van der Waals surface area contributed by atoms with Crippen molar-refractivity contribution in [2.75, 3.05) is 25.1 Å². The van der Waals surface area contributed by atoms with E-state index < -0.39 is 10.0 Å². The van der Waals surface area contributed by atoms with Gasteiger partial charge in [0.1, 0.15) is 5.75 Å². The third kappa shape index (κ3) is 4.13. The fourth-order valence-electron chi connectivity index (χ4n) is 4.65. The highest BCUT2D eigenvalue weighted by molar-refractivity contribution is 9.10. The number of carbonyl (C=O) groups is 1. The Morgan fingerprint density at radius 1 is 1.19 bits per heavy atom. The summed E-state index contributed by atoms with van der Waals surface area (Å²) in [6.07, 6.45) is 2.17. The Balaban J connectivity index is 1.56. The Labute approximate surface area is 192 Å². The summed E-state index contributed by atoms with van der Waals surface area (Å²) in [6, 6.07) is 10.9. The first kappa shape index (κ1) is 22.3. The average molecular weight is 507 g/mol. The quantitative estimate of drug-likeness (QED) is 0.624. The van der Waals surface area contributed by atoms with Crippen LogP contribution in [0.2, 0.25) is 0 Å². The van der Waals surface area contributed by atoms with Crippen LogP contribution >= 0.6 is 15.9 Å². The van der Waals surface area contributed by atoms with Gasteiger partial charge in [0, 0.05) is 29.3 Å². The maximum absolute atomic E-state index is 13.5. The van der Waals surface area contributed by atoms with Gasteiger partial charge in [0.25, 0.3) is 0 Å². The van der Waals surface area contributed by atoms with Crippen LogP contribution in [-0.2, 0) is 21.2 Å². The van der Waals surface area contributed by atoms with Crippen molar-refractivity contribution in [2.45, 2.75) is 44.0 Å². The lowest BCUT2D eigenvalue weighted by Gasteiger charge is -2.34. The summed E-state index contributed by atoms with van der Waals surface area (Å²) >= 11 is 3.50. The van der Waals surface area contributed by atoms with E-state index in [9.17, 15) is 13.2 Å². The number of methoxy groups -OCH3 is 1. The highest BCUT2D eigenvalue weighted by Gasteiger charge is 2.39. The van der Waals surface area contributed by atoms with Crippen LogP contribution in [-0.4, -0.2) is 44.9 Å². The Morgan fingerprint density at radius 3 is 2.68 bits per heavy atom. The number of nitrogens with zero attached hydrogens (tertiary/aromatic N) is 2. The van der Waals surface area contributed by atoms with E-state index in [4.69, 9.17) is 4.74 Å². The zero-order valence-corrected chi connectivity index (χ0v) is 20.4. The number of ether oxygens (including phenoxy) is 1. The lowest BCUT2D eigenvalue weighted by molar-refractivity contribution is -0.123. The number of sulfonamides is 1. The fourth-order valence-corrected chi connectivity index (χ4v) is 6.67. The van der Waals surface area contributed by atoms with Gasteiger partial charge in [0.2, 0.25) is 15.9 Å². The van der Waals surface area contributed by atoms with Gasteiger partial charge in [-0.3, -0.25) is 4.79 Å². The molecule has 31 heavy (non-hydrogen) atoms. The van der Waals surface area contributed by atoms with Gasteiger partial charge >= 0.3 is 0 Å². The number of amides is 1. The molecule has 1 fully saturated rings. The molecule has 0 spiro atoms. The molecule has 2 heterocycles. The number of anilines is 1. The van der Waals surface area contributed by atoms with E-state index in [1.807, 2.05) is 30.9 Å². The summed E-state index contributed by atoms with van der Waals surface area (Å²) in [4.78, 5) is 15.6. The van der Waals surface area contributed by atoms with Crippen LogP contribution < -0.4 is 9.64 Å². The van der Waals surface area contributed by atoms with Gasteiger partial charge in [0.15, 0.2) is 0 Å². The number of rotatable bonds is 4. The van der Waals surface area contributed by atoms with Crippen LogP contribution in [0.5, 0.6) is 5.75 Å². The Morgan fingerprint density at radius 2 is 1.97 bits per heavy atom. The minimum Gasteiger partial charge on any atom is -0.496 e. The number of halogens is 1. The van der Waals surface area contributed by atoms with Gasteiger partial charge in [-0.1, -0.05) is 15.9 Å². The first-order chi connectivity index (χ1) is 14.7. The predicted octanol–water partition coefficient (Wildman–Crippen LogP) is 4.14. The zero-order chi connectivity index (χ0) is 22.3. The van der Waals surface area contributed by atoms with Gasteiger partial charge < -0.3 is 9.64 Å². The molecule has 2 aromatic rings. The van der Waals surface area contributed by atoms with Gasteiger partial charge in [-0.2, -0.15) is 4.31 Å². The van der Waals surface area contributed by atoms with Crippen LogP contribution in [0, 0.1) is 12.8 Å². The number of carbonyl (C=O) groups excluding carboxylic acids is 1. The van der Waals surface area contributed by atoms with Crippen molar-refractivity contribution < 1.29 is 17.9 Å². The molecule has 1 saturated heterocycles. The van der Waals surface area contributed by atoms with Crippen molar-refractivity contribution in [2.24, 2.45) is 5.92 Å². The van der Waals surface area contributed by atoms with Crippen LogP contribution in [0.3, 0.4) is 0 Å². The SMILES string of the molecule is COc1ccc(S(=O)(=O)N2CCC[C@@H](C(=O)N3c4ccc(Br)cc4C[C@@H]3C)C2)cc1C. The molecule has 0 bridgehead atoms. The van der Waals surface area contributed by atoms with Gasteiger partial charge in [0.05, 0.1) is 17.9 Å². The number of hydrogen-bond acceptors (Lipinski definition) is 4. The summed E-state index contributed by atoms with van der Waals surface area (Å²) in [5, 5.41) is 0. The molecule has 0 saturated carbocycles. The monoisotopic (exact) mass is 506 g/mol. The van der Waals surface area contributed by atoms with Crippen molar-refractivity contribution in [1.82, 2.24) is 4.31 Å². The average Bonchev–Trinajstić information content (AvgIpc) is 3.07. The largest absolute Gasteiger partial charge is 0.496 e. The third-order valence-electron chi connectivity index (χ3n) is 6.23. The Bertz CT molecular complexity index is 1120. The summed E-state index contributed by atoms with van der Waals surface area (Å²) in [5.41, 5.74) is 2.84. The van der Waals surface area contributed by atoms with E-state index in [0.717, 1.165) is 27.7 Å². The van der Waals surface area contributed by atoms with E-state index in [1.165, 1.54) is 4.31 Å². The Hall–Kier alpha value is -1.90. The molecular formula is C23H27BrN2O4S. The normalized spacial score (nSPS) is 21.7. The Kier molecular flexibility index (Phi) is 6.16. The lowest BCUT2D eigenvalue weighted by atomic mass is 9.97. The molecular weight excluding hydrogens is 480 g/mol. The van der Waals surface area contributed by atoms with E-state index in [1.54, 1.807) is 25.3 Å². The number of aryl methyl sites for hydroxylation is 1. The van der Waals surface area contributed by atoms with Gasteiger partial charge in [-0.05, 0) is 80.6 Å². The molecule has 0 aliphatic carbocycles. The highest BCUT2D eigenvalue weighted by Crippen LogP contribution is 2.36. The molecule has 4 rings (SSSR count). The van der Waals surface area contributed by atoms with E-state index in [2.05, 4.69) is 22.0 Å². The van der Waals surface area contributed by atoms with Gasteiger partial charge in [-0.15, -0.1) is 0 Å². The second-order valence-corrected chi connectivity index (χ2v) is 11.2. The molecule has 0 unspecified atom stereocenters. The topological polar surface area (TPSA) is 66.9 Å². The minimum atomic E-state index is -3.68. The zero-order valence-electron chi connectivity index (χ0n) is 18.0. The fraction of sp³-hybridized carbons (Fsp3) is 0.435. The van der Waals surface area contributed by atoms with Crippen LogP contribution in [0.4, 0.5) is 5.69 Å². The maximum Gasteiger partial charge on any atom is 0.243 e. The lowest BCUT2D eigenvalue weighted by Crippen LogP contribution is -2.48. The molecule has 2 aromatic carbocycles. The predicted molar refractivity (Wildman–Crippen MR) is 124 cm³/mol. The second-order valence-electron chi connectivity index (χ2n) is 8.37. The molecule has 2 aliphatic heterocycles. The van der Waals surface area contributed by atoms with Crippen molar-refractivity contribution in [3.63, 3.8) is 0 Å². The summed E-state index contributed by atoms with van der Waals surface area (Å²) in [7, 11) is -2.12. The summed E-state index contributed by atoms with van der Waals surface area (Å²) in [6.45, 7) is 4.51. The van der Waals surface area contributed by atoms with E-state index in [0.29, 0.717) is 25.1 Å². The number of benzene rings is 2. The molecule has 1 amide bonds. The first-order valence-corrected chi connectivity index (χ1v) is 12.7. The second kappa shape index (κ2) is 8.56. The molecule has 2 aliphatic rings. The van der Waals surface area contributed by atoms with E-state index >= 15 is 0 Å². The van der Waals surface area contributed by atoms with Gasteiger partial charge in [-0.25, -0.2) is 8.42 Å². The molecule has 2 atom stereocenters. The smallest absolute Gasteiger partial charge is 0.243 e. The van der Waals surface area contributed by atoms with Crippen molar-refractivity contribution in [1.29, 1.82) is 0 Å². The standard InChI is InChI=1S/C23H27BrN2O4S/c1-15-11-20(7-9-22(15)30-3)31(28,29)25-10-4-5-17(14-25)23(27)26-16(2)12-18-13-19(24)6-8-21(18)26/h6-9,11,13,16-17H,4-5,10,12,14H2,1-3H3/t16-,17+/m0/s1. The molecule has 0 radical (unpaired) electrons. The minimum absolute atomic E-state index is 0.0133. The maximum atomic E-state index is 13.5. The first-order valence-electron chi connectivity index (χ1n) is 10.5. The van der Waals surface area contributed by atoms with Crippen molar-refractivity contribution in [3.8, 4) is 5.75 Å². The summed E-state index contributed by atoms with van der Waals surface area (Å²) < 4.78 is 34.3. The number of fused-ring (bicyclic) bond motifs is 1. The summed E-state index contributed by atoms with van der Waals surface area (Å²) in [5.74, 6) is 0.318. The molecule has 6 nitrogen and oxygen atoms in total. The molecule has 166 valence electrons. The van der Waals surface area contributed by atoms with Crippen LogP contribution in [0.1, 0.15) is 30.9 Å².